The molecule has 0 radical (unpaired) electrons. The Labute approximate surface area is 115 Å². The summed E-state index contributed by atoms with van der Waals surface area (Å²) >= 11 is 4.85. The van der Waals surface area contributed by atoms with Gasteiger partial charge < -0.3 is 5.73 Å². The molecule has 0 aromatic carbocycles. The van der Waals surface area contributed by atoms with Gasteiger partial charge in [0.05, 0.1) is 10.7 Å². The number of thiocarbonyl (C=S) groups is 1. The fourth-order valence-electron chi connectivity index (χ4n) is 1.90. The van der Waals surface area contributed by atoms with Gasteiger partial charge in [-0.3, -0.25) is 4.90 Å². The van der Waals surface area contributed by atoms with Gasteiger partial charge in [0.15, 0.2) is 0 Å². The molecule has 2 N–H and O–H groups in total. The second kappa shape index (κ2) is 6.79. The Kier molecular flexibility index (Phi) is 5.97. The molecule has 0 atom stereocenters. The van der Waals surface area contributed by atoms with Crippen LogP contribution in [0.15, 0.2) is 0 Å². The maximum Gasteiger partial charge on any atom is 0.214 e. The highest BCUT2D eigenvalue weighted by molar-refractivity contribution is 7.89. The van der Waals surface area contributed by atoms with E-state index in [-0.39, 0.29) is 5.75 Å². The van der Waals surface area contributed by atoms with Gasteiger partial charge in [0.25, 0.3) is 0 Å². The molecule has 0 aromatic rings. The Balaban J connectivity index is 2.44. The molecule has 0 aliphatic carbocycles. The van der Waals surface area contributed by atoms with Crippen molar-refractivity contribution >= 4 is 27.2 Å². The van der Waals surface area contributed by atoms with Gasteiger partial charge in [-0.25, -0.2) is 8.42 Å². The molecule has 5 nitrogen and oxygen atoms in total. The van der Waals surface area contributed by atoms with Gasteiger partial charge in [-0.1, -0.05) is 26.1 Å². The van der Waals surface area contributed by atoms with Crippen molar-refractivity contribution in [3.63, 3.8) is 0 Å². The SMILES string of the molecule is CC(C)CCS(=O)(=O)N1CCN(CC(N)=S)CC1. The predicted molar refractivity (Wildman–Crippen MR) is 78.0 cm³/mol. The normalized spacial score (nSPS) is 19.3. The van der Waals surface area contributed by atoms with Gasteiger partial charge in [-0.05, 0) is 12.3 Å². The Morgan fingerprint density at radius 2 is 1.83 bits per heavy atom. The van der Waals surface area contributed by atoms with E-state index in [0.29, 0.717) is 43.6 Å². The van der Waals surface area contributed by atoms with Crippen molar-refractivity contribution in [2.75, 3.05) is 38.5 Å². The second-order valence-corrected chi connectivity index (χ2v) is 7.75. The molecular weight excluding hydrogens is 270 g/mol. The number of rotatable bonds is 6. The smallest absolute Gasteiger partial charge is 0.214 e. The predicted octanol–water partition coefficient (Wildman–Crippen LogP) is 0.266. The van der Waals surface area contributed by atoms with Gasteiger partial charge in [0.2, 0.25) is 10.0 Å². The molecular formula is C11H23N3O2S2. The lowest BCUT2D eigenvalue weighted by molar-refractivity contribution is 0.209. The molecule has 0 unspecified atom stereocenters. The summed E-state index contributed by atoms with van der Waals surface area (Å²) in [5, 5.41) is 0. The number of nitrogens with zero attached hydrogens (tertiary/aromatic N) is 2. The molecule has 106 valence electrons. The number of hydrogen-bond acceptors (Lipinski definition) is 4. The first kappa shape index (κ1) is 15.8. The highest BCUT2D eigenvalue weighted by atomic mass is 32.2. The molecule has 0 aromatic heterocycles. The van der Waals surface area contributed by atoms with E-state index in [1.165, 1.54) is 0 Å². The molecule has 1 rings (SSSR count). The molecule has 18 heavy (non-hydrogen) atoms. The van der Waals surface area contributed by atoms with E-state index in [2.05, 4.69) is 4.90 Å². The van der Waals surface area contributed by atoms with E-state index >= 15 is 0 Å². The average molecular weight is 293 g/mol. The van der Waals surface area contributed by atoms with Crippen LogP contribution < -0.4 is 5.73 Å². The van der Waals surface area contributed by atoms with Crippen LogP contribution in [0.1, 0.15) is 20.3 Å². The molecule has 0 spiro atoms. The number of hydrogen-bond donors (Lipinski definition) is 1. The third kappa shape index (κ3) is 5.17. The largest absolute Gasteiger partial charge is 0.392 e. The van der Waals surface area contributed by atoms with Gasteiger partial charge in [0, 0.05) is 32.7 Å². The Morgan fingerprint density at radius 1 is 1.28 bits per heavy atom. The summed E-state index contributed by atoms with van der Waals surface area (Å²) in [7, 11) is -3.09. The second-order valence-electron chi connectivity index (χ2n) is 5.14. The van der Waals surface area contributed by atoms with E-state index in [1.807, 2.05) is 13.8 Å². The highest BCUT2D eigenvalue weighted by Crippen LogP contribution is 2.11. The zero-order chi connectivity index (χ0) is 13.8. The zero-order valence-corrected chi connectivity index (χ0v) is 12.8. The third-order valence-electron chi connectivity index (χ3n) is 3.06. The maximum absolute atomic E-state index is 12.1. The fraction of sp³-hybridized carbons (Fsp3) is 0.909. The fourth-order valence-corrected chi connectivity index (χ4v) is 3.83. The Bertz CT molecular complexity index is 374. The third-order valence-corrected chi connectivity index (χ3v) is 5.09. The topological polar surface area (TPSA) is 66.6 Å². The first-order valence-corrected chi connectivity index (χ1v) is 8.31. The first-order chi connectivity index (χ1) is 8.31. The standard InChI is InChI=1S/C11H23N3O2S2/c1-10(2)3-8-18(15,16)14-6-4-13(5-7-14)9-11(12)17/h10H,3-9H2,1-2H3,(H2,12,17). The summed E-state index contributed by atoms with van der Waals surface area (Å²) in [6.45, 7) is 7.16. The van der Waals surface area contributed by atoms with Crippen LogP contribution in [0.25, 0.3) is 0 Å². The number of nitrogens with two attached hydrogens (primary N) is 1. The van der Waals surface area contributed by atoms with Crippen molar-refractivity contribution in [3.05, 3.63) is 0 Å². The Morgan fingerprint density at radius 3 is 2.28 bits per heavy atom. The van der Waals surface area contributed by atoms with Crippen molar-refractivity contribution < 1.29 is 8.42 Å². The van der Waals surface area contributed by atoms with Crippen LogP contribution in [0, 0.1) is 5.92 Å². The van der Waals surface area contributed by atoms with Crippen LogP contribution in [0.4, 0.5) is 0 Å². The van der Waals surface area contributed by atoms with Crippen molar-refractivity contribution in [1.82, 2.24) is 9.21 Å². The van der Waals surface area contributed by atoms with E-state index in [0.717, 1.165) is 6.42 Å². The lowest BCUT2D eigenvalue weighted by atomic mass is 10.2. The first-order valence-electron chi connectivity index (χ1n) is 6.30. The van der Waals surface area contributed by atoms with Crippen LogP contribution in [-0.4, -0.2) is 61.1 Å². The Hall–Kier alpha value is -0.240. The minimum absolute atomic E-state index is 0.250. The summed E-state index contributed by atoms with van der Waals surface area (Å²) in [6.07, 6.45) is 0.718. The van der Waals surface area contributed by atoms with Crippen LogP contribution in [0.5, 0.6) is 0 Å². The van der Waals surface area contributed by atoms with E-state index in [4.69, 9.17) is 18.0 Å². The summed E-state index contributed by atoms with van der Waals surface area (Å²) in [5.74, 6) is 0.663. The van der Waals surface area contributed by atoms with Crippen molar-refractivity contribution in [2.24, 2.45) is 11.7 Å². The van der Waals surface area contributed by atoms with E-state index in [1.54, 1.807) is 4.31 Å². The molecule has 7 heteroatoms. The lowest BCUT2D eigenvalue weighted by Gasteiger charge is -2.33. The van der Waals surface area contributed by atoms with E-state index < -0.39 is 10.0 Å². The highest BCUT2D eigenvalue weighted by Gasteiger charge is 2.26. The molecule has 1 aliphatic rings. The summed E-state index contributed by atoms with van der Waals surface area (Å²) < 4.78 is 25.7. The molecule has 0 amide bonds. The quantitative estimate of drug-likeness (QED) is 0.712. The monoisotopic (exact) mass is 293 g/mol. The average Bonchev–Trinajstić information content (AvgIpc) is 2.26. The summed E-state index contributed by atoms with van der Waals surface area (Å²) in [5.41, 5.74) is 5.48. The number of sulfonamides is 1. The van der Waals surface area contributed by atoms with Crippen molar-refractivity contribution in [2.45, 2.75) is 20.3 Å². The van der Waals surface area contributed by atoms with Crippen LogP contribution >= 0.6 is 12.2 Å². The molecule has 1 saturated heterocycles. The summed E-state index contributed by atoms with van der Waals surface area (Å²) in [4.78, 5) is 2.56. The van der Waals surface area contributed by atoms with E-state index in [9.17, 15) is 8.42 Å². The minimum atomic E-state index is -3.09. The molecule has 1 fully saturated rings. The number of piperazine rings is 1. The van der Waals surface area contributed by atoms with Gasteiger partial charge in [0.1, 0.15) is 0 Å². The van der Waals surface area contributed by atoms with Gasteiger partial charge in [-0.2, -0.15) is 4.31 Å². The van der Waals surface area contributed by atoms with Crippen molar-refractivity contribution in [1.29, 1.82) is 0 Å². The van der Waals surface area contributed by atoms with Crippen LogP contribution in [0.2, 0.25) is 0 Å². The molecule has 1 heterocycles. The zero-order valence-electron chi connectivity index (χ0n) is 11.1. The van der Waals surface area contributed by atoms with Crippen LogP contribution in [-0.2, 0) is 10.0 Å². The maximum atomic E-state index is 12.1. The van der Waals surface area contributed by atoms with Crippen molar-refractivity contribution in [3.8, 4) is 0 Å². The van der Waals surface area contributed by atoms with Gasteiger partial charge in [-0.15, -0.1) is 0 Å². The summed E-state index contributed by atoms with van der Waals surface area (Å²) in [6, 6.07) is 0. The van der Waals surface area contributed by atoms with Gasteiger partial charge >= 0.3 is 0 Å². The minimum Gasteiger partial charge on any atom is -0.392 e. The molecule has 1 aliphatic heterocycles. The molecule has 0 bridgehead atoms. The molecule has 0 saturated carbocycles. The lowest BCUT2D eigenvalue weighted by Crippen LogP contribution is -2.50. The van der Waals surface area contributed by atoms with Crippen LogP contribution in [0.3, 0.4) is 0 Å².